The van der Waals surface area contributed by atoms with Gasteiger partial charge in [0.1, 0.15) is 12.1 Å². The molecule has 1 aromatic carbocycles. The number of allylic oxidation sites excluding steroid dienone is 1. The van der Waals surface area contributed by atoms with E-state index < -0.39 is 43.0 Å². The van der Waals surface area contributed by atoms with Crippen molar-refractivity contribution in [3.63, 3.8) is 0 Å². The van der Waals surface area contributed by atoms with Crippen molar-refractivity contribution in [3.05, 3.63) is 72.3 Å². The average Bonchev–Trinajstić information content (AvgIpc) is 2.61. The van der Waals surface area contributed by atoms with Crippen molar-refractivity contribution < 1.29 is 24.2 Å². The maximum Gasteiger partial charge on any atom is 0.332 e. The van der Waals surface area contributed by atoms with Gasteiger partial charge >= 0.3 is 17.1 Å². The van der Waals surface area contributed by atoms with Crippen LogP contribution in [-0.4, -0.2) is 37.4 Å². The van der Waals surface area contributed by atoms with Crippen molar-refractivity contribution in [1.29, 1.82) is 0 Å². The first kappa shape index (κ1) is 20.8. The summed E-state index contributed by atoms with van der Waals surface area (Å²) in [6.07, 6.45) is 6.66. The minimum atomic E-state index is -2.15. The van der Waals surface area contributed by atoms with Crippen molar-refractivity contribution in [3.8, 4) is 5.75 Å². The number of pyridine rings is 1. The number of nitro benzene ring substituents is 2. The van der Waals surface area contributed by atoms with Gasteiger partial charge in [0.15, 0.2) is 0 Å². The van der Waals surface area contributed by atoms with E-state index in [1.54, 1.807) is 49.9 Å². The van der Waals surface area contributed by atoms with Crippen molar-refractivity contribution in [2.45, 2.75) is 6.92 Å². The summed E-state index contributed by atoms with van der Waals surface area (Å²) >= 11 is 0. The van der Waals surface area contributed by atoms with Gasteiger partial charge in [-0.1, -0.05) is 6.07 Å². The van der Waals surface area contributed by atoms with Crippen molar-refractivity contribution in [2.24, 2.45) is 0 Å². The van der Waals surface area contributed by atoms with E-state index in [2.05, 4.69) is 4.98 Å². The Morgan fingerprint density at radius 1 is 1.14 bits per heavy atom. The van der Waals surface area contributed by atoms with Gasteiger partial charge in [0.2, 0.25) is 0 Å². The van der Waals surface area contributed by atoms with Gasteiger partial charge in [0.05, 0.1) is 20.4 Å². The van der Waals surface area contributed by atoms with Crippen LogP contribution in [0.1, 0.15) is 12.6 Å². The number of hydrogen-bond acceptors (Lipinski definition) is 8. The van der Waals surface area contributed by atoms with Gasteiger partial charge in [-0.05, 0) is 35.4 Å². The van der Waals surface area contributed by atoms with Crippen LogP contribution < -0.4 is 0 Å². The number of phenols is 1. The van der Waals surface area contributed by atoms with Gasteiger partial charge in [-0.3, -0.25) is 25.2 Å². The van der Waals surface area contributed by atoms with Gasteiger partial charge in [0, 0.05) is 23.6 Å². The Balaban J connectivity index is 2.37. The van der Waals surface area contributed by atoms with Crippen LogP contribution in [0, 0.1) is 25.1 Å². The van der Waals surface area contributed by atoms with Crippen LogP contribution in [0.25, 0.3) is 6.08 Å². The van der Waals surface area contributed by atoms with Crippen LogP contribution in [0.5, 0.6) is 5.75 Å². The standard InChI is InChI=1S/C16H16N4O7S/c1-11(8-12-6-4-5-7-17-12)28(2,3)27-20(26)13-9-14(18(22)23)16(21)15(10-13)19(24)25/h4-10H,1-3H3/p+1/b11-8+. The van der Waals surface area contributed by atoms with Crippen LogP contribution in [0.3, 0.4) is 0 Å². The second kappa shape index (κ2) is 8.00. The minimum absolute atomic E-state index is 0.0233. The number of aromatic nitrogens is 1. The van der Waals surface area contributed by atoms with Crippen LogP contribution in [-0.2, 0) is 4.28 Å². The van der Waals surface area contributed by atoms with E-state index in [9.17, 15) is 30.2 Å². The monoisotopic (exact) mass is 409 g/mol. The predicted molar refractivity (Wildman–Crippen MR) is 103 cm³/mol. The summed E-state index contributed by atoms with van der Waals surface area (Å²) in [5.41, 5.74) is -1.77. The zero-order valence-electron chi connectivity index (χ0n) is 15.1. The Morgan fingerprint density at radius 2 is 1.71 bits per heavy atom. The first-order valence-corrected chi connectivity index (χ1v) is 10.1. The number of hydrogen-bond donors (Lipinski definition) is 1. The number of benzene rings is 1. The summed E-state index contributed by atoms with van der Waals surface area (Å²) in [6.45, 7) is 1.74. The molecular weight excluding hydrogens is 392 g/mol. The van der Waals surface area contributed by atoms with Crippen molar-refractivity contribution in [2.75, 3.05) is 12.5 Å². The molecule has 0 amide bonds. The lowest BCUT2D eigenvalue weighted by Crippen LogP contribution is -2.10. The predicted octanol–water partition coefficient (Wildman–Crippen LogP) is 3.99. The molecule has 0 atom stereocenters. The molecule has 0 aliphatic heterocycles. The van der Waals surface area contributed by atoms with Crippen LogP contribution >= 0.6 is 10.3 Å². The smallest absolute Gasteiger partial charge is 0.332 e. The van der Waals surface area contributed by atoms with E-state index in [1.165, 1.54) is 0 Å². The highest BCUT2D eigenvalue weighted by Gasteiger charge is 2.35. The Bertz CT molecular complexity index is 941. The van der Waals surface area contributed by atoms with Crippen LogP contribution in [0.2, 0.25) is 0 Å². The summed E-state index contributed by atoms with van der Waals surface area (Å²) in [4.78, 5) is 37.2. The number of phenolic OH excluding ortho intramolecular Hbond substituents is 1. The van der Waals surface area contributed by atoms with Gasteiger partial charge in [-0.15, -0.1) is 0 Å². The summed E-state index contributed by atoms with van der Waals surface area (Å²) < 4.78 is 5.41. The Hall–Kier alpha value is -3.54. The first-order chi connectivity index (χ1) is 13.0. The van der Waals surface area contributed by atoms with E-state index in [-0.39, 0.29) is 4.92 Å². The van der Waals surface area contributed by atoms with Gasteiger partial charge in [-0.2, -0.15) is 4.28 Å². The molecule has 0 radical (unpaired) electrons. The fourth-order valence-electron chi connectivity index (χ4n) is 2.06. The lowest BCUT2D eigenvalue weighted by atomic mass is 10.2. The molecule has 11 nitrogen and oxygen atoms in total. The molecule has 0 saturated heterocycles. The molecule has 1 aromatic heterocycles. The van der Waals surface area contributed by atoms with E-state index >= 15 is 0 Å². The summed E-state index contributed by atoms with van der Waals surface area (Å²) in [5.74, 6) is -1.13. The molecule has 0 fully saturated rings. The normalized spacial score (nSPS) is 12.3. The second-order valence-electron chi connectivity index (χ2n) is 5.92. The Labute approximate surface area is 160 Å². The zero-order chi connectivity index (χ0) is 21.1. The number of nitro groups is 2. The molecule has 1 N–H and O–H groups in total. The van der Waals surface area contributed by atoms with Gasteiger partial charge in [0.25, 0.3) is 10.7 Å². The zero-order valence-corrected chi connectivity index (χ0v) is 16.0. The van der Waals surface area contributed by atoms with E-state index in [0.717, 1.165) is 0 Å². The molecule has 0 aliphatic rings. The van der Waals surface area contributed by atoms with Crippen LogP contribution in [0.15, 0.2) is 41.4 Å². The second-order valence-corrected chi connectivity index (χ2v) is 9.18. The fourth-order valence-corrected chi connectivity index (χ4v) is 3.00. The molecule has 0 spiro atoms. The molecule has 2 aromatic rings. The molecule has 12 heteroatoms. The third-order valence-corrected chi connectivity index (χ3v) is 5.90. The number of aromatic hydroxyl groups is 1. The van der Waals surface area contributed by atoms with E-state index in [1.807, 2.05) is 0 Å². The molecule has 1 heterocycles. The molecule has 148 valence electrons. The third kappa shape index (κ3) is 4.59. The molecular formula is C16H17N4O7S+. The summed E-state index contributed by atoms with van der Waals surface area (Å²) in [7, 11) is -2.15. The van der Waals surface area contributed by atoms with Crippen LogP contribution in [0.4, 0.5) is 17.1 Å². The maximum absolute atomic E-state index is 12.4. The third-order valence-electron chi connectivity index (χ3n) is 3.73. The molecule has 0 bridgehead atoms. The highest BCUT2D eigenvalue weighted by Crippen LogP contribution is 2.51. The number of nitrogens with zero attached hydrogens (tertiary/aromatic N) is 4. The SMILES string of the molecule is C/C(=C\c1ccccn1)S(C)(C)O[N+](=O)c1cc([N+](=O)[O-])c(O)c([N+](=O)[O-])c1. The van der Waals surface area contributed by atoms with E-state index in [4.69, 9.17) is 4.28 Å². The summed E-state index contributed by atoms with van der Waals surface area (Å²) in [5, 5.41) is 31.7. The lowest BCUT2D eigenvalue weighted by molar-refractivity contribution is -0.696. The van der Waals surface area contributed by atoms with Gasteiger partial charge in [-0.25, -0.2) is 0 Å². The Kier molecular flexibility index (Phi) is 5.93. The first-order valence-electron chi connectivity index (χ1n) is 7.68. The highest BCUT2D eigenvalue weighted by atomic mass is 32.3. The lowest BCUT2D eigenvalue weighted by Gasteiger charge is -2.24. The molecule has 2 rings (SSSR count). The minimum Gasteiger partial charge on any atom is -0.497 e. The van der Waals surface area contributed by atoms with Crippen molar-refractivity contribution >= 4 is 33.4 Å². The molecule has 28 heavy (non-hydrogen) atoms. The van der Waals surface area contributed by atoms with Crippen molar-refractivity contribution in [1.82, 2.24) is 4.98 Å². The average molecular weight is 409 g/mol. The Morgan fingerprint density at radius 3 is 2.18 bits per heavy atom. The molecule has 0 saturated carbocycles. The van der Waals surface area contributed by atoms with Gasteiger partial charge < -0.3 is 5.11 Å². The topological polar surface area (TPSA) is 149 Å². The molecule has 0 unspecified atom stereocenters. The number of rotatable bonds is 7. The molecule has 0 aliphatic carbocycles. The fraction of sp³-hybridized carbons (Fsp3) is 0.188. The quantitative estimate of drug-likeness (QED) is 0.533. The highest BCUT2D eigenvalue weighted by molar-refractivity contribution is 8.31. The van der Waals surface area contributed by atoms with E-state index in [0.29, 0.717) is 22.7 Å². The summed E-state index contributed by atoms with van der Waals surface area (Å²) in [6, 6.07) is 6.74. The largest absolute Gasteiger partial charge is 0.497 e. The maximum atomic E-state index is 12.4.